The molecule has 1 saturated heterocycles. The summed E-state index contributed by atoms with van der Waals surface area (Å²) in [7, 11) is 0. The van der Waals surface area contributed by atoms with E-state index in [0.717, 1.165) is 43.4 Å². The normalized spacial score (nSPS) is 23.1. The Morgan fingerprint density at radius 3 is 2.96 bits per heavy atom. The van der Waals surface area contributed by atoms with Gasteiger partial charge in [-0.25, -0.2) is 4.79 Å². The second-order valence-electron chi connectivity index (χ2n) is 6.89. The molecular formula is C19H27N3O3. The van der Waals surface area contributed by atoms with Crippen LogP contribution in [0.4, 0.5) is 4.79 Å². The first kappa shape index (κ1) is 17.7. The molecule has 6 heteroatoms. The highest BCUT2D eigenvalue weighted by Gasteiger charge is 2.31. The molecule has 6 nitrogen and oxygen atoms in total. The summed E-state index contributed by atoms with van der Waals surface area (Å²) in [5.74, 6) is 0.229. The first-order valence-corrected chi connectivity index (χ1v) is 9.23. The number of nitrogens with one attached hydrogen (secondary N) is 2. The van der Waals surface area contributed by atoms with Crippen molar-refractivity contribution in [1.29, 1.82) is 0 Å². The van der Waals surface area contributed by atoms with Crippen LogP contribution >= 0.6 is 0 Å². The van der Waals surface area contributed by atoms with Crippen molar-refractivity contribution in [1.82, 2.24) is 15.5 Å². The van der Waals surface area contributed by atoms with E-state index < -0.39 is 6.10 Å². The lowest BCUT2D eigenvalue weighted by atomic mass is 10.1. The predicted molar refractivity (Wildman–Crippen MR) is 95.1 cm³/mol. The molecule has 3 rings (SSSR count). The third-order valence-corrected chi connectivity index (χ3v) is 5.05. The highest BCUT2D eigenvalue weighted by molar-refractivity contribution is 5.76. The number of urea groups is 1. The number of aliphatic hydroxyl groups is 1. The zero-order valence-corrected chi connectivity index (χ0v) is 14.5. The summed E-state index contributed by atoms with van der Waals surface area (Å²) >= 11 is 0. The molecule has 2 aliphatic rings. The lowest BCUT2D eigenvalue weighted by molar-refractivity contribution is -0.130. The zero-order valence-electron chi connectivity index (χ0n) is 14.5. The molecule has 1 heterocycles. The molecule has 1 aromatic carbocycles. The van der Waals surface area contributed by atoms with E-state index in [2.05, 4.69) is 10.6 Å². The Morgan fingerprint density at radius 2 is 2.08 bits per heavy atom. The topological polar surface area (TPSA) is 81.7 Å². The van der Waals surface area contributed by atoms with Gasteiger partial charge in [0.1, 0.15) is 0 Å². The Kier molecular flexibility index (Phi) is 5.91. The maximum atomic E-state index is 12.1. The van der Waals surface area contributed by atoms with Gasteiger partial charge in [-0.3, -0.25) is 4.79 Å². The Hall–Kier alpha value is -2.08. The number of fused-ring (bicyclic) bond motifs is 1. The quantitative estimate of drug-likeness (QED) is 0.711. The second kappa shape index (κ2) is 8.34. The predicted octanol–water partition coefficient (Wildman–Crippen LogP) is 1.74. The van der Waals surface area contributed by atoms with Gasteiger partial charge in [-0.2, -0.15) is 0 Å². The van der Waals surface area contributed by atoms with Crippen molar-refractivity contribution >= 4 is 11.9 Å². The molecule has 0 saturated carbocycles. The van der Waals surface area contributed by atoms with Crippen LogP contribution in [0.3, 0.4) is 0 Å². The zero-order chi connectivity index (χ0) is 17.6. The van der Waals surface area contributed by atoms with Gasteiger partial charge in [-0.15, -0.1) is 0 Å². The molecule has 3 amide bonds. The monoisotopic (exact) mass is 345 g/mol. The molecule has 0 radical (unpaired) electrons. The van der Waals surface area contributed by atoms with Crippen molar-refractivity contribution in [3.05, 3.63) is 35.4 Å². The Balaban J connectivity index is 1.41. The van der Waals surface area contributed by atoms with Crippen LogP contribution in [-0.2, 0) is 11.2 Å². The minimum absolute atomic E-state index is 0.229. The van der Waals surface area contributed by atoms with E-state index >= 15 is 0 Å². The maximum absolute atomic E-state index is 12.1. The summed E-state index contributed by atoms with van der Waals surface area (Å²) in [6.07, 6.45) is 4.54. The van der Waals surface area contributed by atoms with Gasteiger partial charge in [0, 0.05) is 32.5 Å². The molecule has 136 valence electrons. The molecule has 3 N–H and O–H groups in total. The fourth-order valence-corrected chi connectivity index (χ4v) is 3.69. The van der Waals surface area contributed by atoms with Crippen molar-refractivity contribution < 1.29 is 14.7 Å². The van der Waals surface area contributed by atoms with Crippen LogP contribution in [0.15, 0.2) is 24.3 Å². The maximum Gasteiger partial charge on any atom is 0.315 e. The number of hydrogen-bond acceptors (Lipinski definition) is 3. The minimum Gasteiger partial charge on any atom is -0.390 e. The molecule has 1 aliphatic heterocycles. The van der Waals surface area contributed by atoms with E-state index in [1.165, 1.54) is 0 Å². The number of rotatable bonds is 5. The van der Waals surface area contributed by atoms with E-state index in [9.17, 15) is 14.7 Å². The highest BCUT2D eigenvalue weighted by Crippen LogP contribution is 2.30. The van der Waals surface area contributed by atoms with Crippen LogP contribution in [0.2, 0.25) is 0 Å². The molecule has 0 unspecified atom stereocenters. The van der Waals surface area contributed by atoms with Gasteiger partial charge in [-0.1, -0.05) is 30.7 Å². The molecule has 2 atom stereocenters. The molecule has 1 aliphatic carbocycles. The number of carbonyl (C=O) groups is 2. The average Bonchev–Trinajstić information content (AvgIpc) is 2.76. The van der Waals surface area contributed by atoms with Crippen LogP contribution in [0.25, 0.3) is 0 Å². The van der Waals surface area contributed by atoms with Crippen molar-refractivity contribution in [2.75, 3.05) is 19.6 Å². The largest absolute Gasteiger partial charge is 0.390 e. The molecule has 1 fully saturated rings. The number of nitrogens with zero attached hydrogens (tertiary/aromatic N) is 1. The fraction of sp³-hybridized carbons (Fsp3) is 0.579. The Bertz CT molecular complexity index is 620. The van der Waals surface area contributed by atoms with Crippen LogP contribution in [0.1, 0.15) is 49.3 Å². The molecule has 0 spiro atoms. The highest BCUT2D eigenvalue weighted by atomic mass is 16.3. The van der Waals surface area contributed by atoms with Crippen LogP contribution in [-0.4, -0.2) is 47.7 Å². The first-order valence-electron chi connectivity index (χ1n) is 9.23. The second-order valence-corrected chi connectivity index (χ2v) is 6.89. The number of aliphatic hydroxyl groups excluding tert-OH is 1. The van der Waals surface area contributed by atoms with Crippen LogP contribution in [0.5, 0.6) is 0 Å². The van der Waals surface area contributed by atoms with E-state index in [1.54, 1.807) is 0 Å². The Labute approximate surface area is 148 Å². The van der Waals surface area contributed by atoms with E-state index in [1.807, 2.05) is 29.2 Å². The molecule has 1 aromatic rings. The lowest BCUT2D eigenvalue weighted by Gasteiger charge is -2.21. The molecule has 0 bridgehead atoms. The van der Waals surface area contributed by atoms with Gasteiger partial charge >= 0.3 is 6.03 Å². The van der Waals surface area contributed by atoms with E-state index in [0.29, 0.717) is 25.9 Å². The summed E-state index contributed by atoms with van der Waals surface area (Å²) < 4.78 is 0. The van der Waals surface area contributed by atoms with E-state index in [4.69, 9.17) is 0 Å². The number of carbonyl (C=O) groups excluding carboxylic acids is 2. The summed E-state index contributed by atoms with van der Waals surface area (Å²) in [4.78, 5) is 25.9. The number of amides is 3. The number of benzene rings is 1. The molecular weight excluding hydrogens is 318 g/mol. The SMILES string of the molecule is O=C(NCCCN1CCCCCC1=O)N[C@@H]1c2ccccc2C[C@@H]1O. The van der Waals surface area contributed by atoms with E-state index in [-0.39, 0.29) is 18.0 Å². The molecule has 0 aromatic heterocycles. The van der Waals surface area contributed by atoms with Gasteiger partial charge in [0.05, 0.1) is 12.1 Å². The third-order valence-electron chi connectivity index (χ3n) is 5.05. The first-order chi connectivity index (χ1) is 12.1. The van der Waals surface area contributed by atoms with Gasteiger partial charge in [0.25, 0.3) is 0 Å². The standard InChI is InChI=1S/C19H27N3O3/c23-16-13-14-7-3-4-8-15(14)18(16)21-19(25)20-10-6-12-22-11-5-1-2-9-17(22)24/h3-4,7-8,16,18,23H,1-2,5-6,9-13H2,(H2,20,21,25)/t16-,18+/m0/s1. The number of likely N-dealkylation sites (tertiary alicyclic amines) is 1. The molecule has 25 heavy (non-hydrogen) atoms. The number of hydrogen-bond donors (Lipinski definition) is 3. The van der Waals surface area contributed by atoms with Gasteiger partial charge in [0.2, 0.25) is 5.91 Å². The summed E-state index contributed by atoms with van der Waals surface area (Å²) in [6.45, 7) is 2.03. The van der Waals surface area contributed by atoms with Crippen molar-refractivity contribution in [3.8, 4) is 0 Å². The van der Waals surface area contributed by atoms with Crippen molar-refractivity contribution in [2.45, 2.75) is 50.7 Å². The minimum atomic E-state index is -0.585. The smallest absolute Gasteiger partial charge is 0.315 e. The summed E-state index contributed by atoms with van der Waals surface area (Å²) in [6, 6.07) is 7.16. The lowest BCUT2D eigenvalue weighted by Crippen LogP contribution is -2.42. The average molecular weight is 345 g/mol. The van der Waals surface area contributed by atoms with Crippen molar-refractivity contribution in [3.63, 3.8) is 0 Å². The van der Waals surface area contributed by atoms with Crippen LogP contribution in [0, 0.1) is 0 Å². The third kappa shape index (κ3) is 4.51. The van der Waals surface area contributed by atoms with Gasteiger partial charge < -0.3 is 20.6 Å². The fourth-order valence-electron chi connectivity index (χ4n) is 3.69. The summed E-state index contributed by atoms with van der Waals surface area (Å²) in [5.41, 5.74) is 2.07. The van der Waals surface area contributed by atoms with Gasteiger partial charge in [0.15, 0.2) is 0 Å². The Morgan fingerprint density at radius 1 is 1.24 bits per heavy atom. The summed E-state index contributed by atoms with van der Waals surface area (Å²) in [5, 5.41) is 15.9. The van der Waals surface area contributed by atoms with Gasteiger partial charge in [-0.05, 0) is 30.4 Å². The van der Waals surface area contributed by atoms with Crippen molar-refractivity contribution in [2.24, 2.45) is 0 Å². The van der Waals surface area contributed by atoms with Crippen LogP contribution < -0.4 is 10.6 Å².